The number of benzene rings is 1. The highest BCUT2D eigenvalue weighted by molar-refractivity contribution is 6.33. The third-order valence-electron chi connectivity index (χ3n) is 5.65. The molecule has 2 aromatic rings. The molecule has 1 aliphatic rings. The van der Waals surface area contributed by atoms with Gasteiger partial charge in [0.05, 0.1) is 0 Å². The van der Waals surface area contributed by atoms with Gasteiger partial charge in [0, 0.05) is 50.0 Å². The zero-order chi connectivity index (χ0) is 20.1. The van der Waals surface area contributed by atoms with Crippen LogP contribution in [0.3, 0.4) is 0 Å². The number of aromatic nitrogens is 1. The zero-order valence-electron chi connectivity index (χ0n) is 17.1. The molecular weight excluding hydrogens is 347 g/mol. The second-order valence-electron chi connectivity index (χ2n) is 8.06. The van der Waals surface area contributed by atoms with Crippen LogP contribution in [0.15, 0.2) is 42.6 Å². The van der Waals surface area contributed by atoms with E-state index in [9.17, 15) is 4.79 Å². The van der Waals surface area contributed by atoms with Gasteiger partial charge in [0.15, 0.2) is 0 Å². The van der Waals surface area contributed by atoms with Crippen LogP contribution in [0.5, 0.6) is 0 Å². The molecule has 0 bridgehead atoms. The third kappa shape index (κ3) is 4.93. The lowest BCUT2D eigenvalue weighted by atomic mass is 9.89. The second kappa shape index (κ2) is 8.78. The Morgan fingerprint density at radius 3 is 2.50 bits per heavy atom. The summed E-state index contributed by atoms with van der Waals surface area (Å²) in [5.41, 5.74) is 2.52. The quantitative estimate of drug-likeness (QED) is 0.788. The first kappa shape index (κ1) is 20.4. The van der Waals surface area contributed by atoms with E-state index in [0.717, 1.165) is 44.7 Å². The fourth-order valence-electron chi connectivity index (χ4n) is 3.20. The molecule has 5 nitrogen and oxygen atoms in total. The van der Waals surface area contributed by atoms with Crippen molar-refractivity contribution in [1.82, 2.24) is 9.88 Å². The van der Waals surface area contributed by atoms with Gasteiger partial charge >= 0.3 is 0 Å². The molecule has 1 saturated heterocycles. The summed E-state index contributed by atoms with van der Waals surface area (Å²) >= 11 is 0. The van der Waals surface area contributed by atoms with Crippen molar-refractivity contribution in [3.8, 4) is 0 Å². The smallest absolute Gasteiger partial charge is 0.231 e. The molecule has 1 aromatic carbocycles. The minimum atomic E-state index is -0.420. The van der Waals surface area contributed by atoms with Crippen LogP contribution < -0.4 is 15.7 Å². The number of hydrogen-bond donors (Lipinski definition) is 1. The number of nitrogens with one attached hydrogen (secondary N) is 1. The van der Waals surface area contributed by atoms with Crippen molar-refractivity contribution in [3.05, 3.63) is 48.2 Å². The first-order valence-electron chi connectivity index (χ1n) is 9.97. The maximum atomic E-state index is 12.4. The molecule has 1 N–H and O–H groups in total. The van der Waals surface area contributed by atoms with Gasteiger partial charge in [-0.15, -0.1) is 0 Å². The van der Waals surface area contributed by atoms with Gasteiger partial charge in [-0.2, -0.15) is 0 Å². The van der Waals surface area contributed by atoms with E-state index >= 15 is 0 Å². The third-order valence-corrected chi connectivity index (χ3v) is 5.65. The molecule has 3 rings (SSSR count). The molecule has 0 unspecified atom stereocenters. The number of amides is 1. The Bertz CT molecular complexity index is 801. The Balaban J connectivity index is 1.61. The lowest BCUT2D eigenvalue weighted by Crippen LogP contribution is -2.46. The fraction of sp³-hybridized carbons (Fsp3) is 0.455. The van der Waals surface area contributed by atoms with Crippen LogP contribution in [0.4, 0.5) is 11.5 Å². The Kier molecular flexibility index (Phi) is 6.40. The molecule has 6 heteroatoms. The van der Waals surface area contributed by atoms with Gasteiger partial charge in [-0.25, -0.2) is 4.98 Å². The van der Waals surface area contributed by atoms with Crippen molar-refractivity contribution in [1.29, 1.82) is 0 Å². The molecule has 0 atom stereocenters. The van der Waals surface area contributed by atoms with Crippen molar-refractivity contribution in [3.63, 3.8) is 0 Å². The molecule has 1 fully saturated rings. The van der Waals surface area contributed by atoms with Gasteiger partial charge in [-0.05, 0) is 30.2 Å². The predicted molar refractivity (Wildman–Crippen MR) is 116 cm³/mol. The maximum Gasteiger partial charge on any atom is 0.231 e. The molecule has 0 spiro atoms. The summed E-state index contributed by atoms with van der Waals surface area (Å²) in [7, 11) is 6.16. The number of para-hydroxylation sites is 1. The van der Waals surface area contributed by atoms with Crippen molar-refractivity contribution in [2.75, 3.05) is 36.4 Å². The van der Waals surface area contributed by atoms with Crippen LogP contribution in [0.25, 0.3) is 0 Å². The number of piperazine rings is 1. The SMILES string of the molecule is [B]c1cnc(NC(=O)C(C)(C)CC)cc1CN1CCN(c2ccccc2)CC1. The van der Waals surface area contributed by atoms with Gasteiger partial charge in [0.2, 0.25) is 5.91 Å². The summed E-state index contributed by atoms with van der Waals surface area (Å²) in [4.78, 5) is 21.5. The highest BCUT2D eigenvalue weighted by Crippen LogP contribution is 2.22. The first-order valence-corrected chi connectivity index (χ1v) is 9.97. The highest BCUT2D eigenvalue weighted by atomic mass is 16.2. The summed E-state index contributed by atoms with van der Waals surface area (Å²) in [6, 6.07) is 12.4. The number of anilines is 2. The van der Waals surface area contributed by atoms with Crippen molar-refractivity contribution >= 4 is 30.7 Å². The maximum absolute atomic E-state index is 12.4. The second-order valence-corrected chi connectivity index (χ2v) is 8.06. The van der Waals surface area contributed by atoms with E-state index in [1.807, 2.05) is 32.9 Å². The first-order chi connectivity index (χ1) is 13.4. The number of carbonyl (C=O) groups is 1. The molecule has 0 aliphatic carbocycles. The van der Waals surface area contributed by atoms with Crippen LogP contribution in [-0.4, -0.2) is 49.8 Å². The fourth-order valence-corrected chi connectivity index (χ4v) is 3.20. The van der Waals surface area contributed by atoms with Crippen LogP contribution in [0.1, 0.15) is 32.8 Å². The van der Waals surface area contributed by atoms with Gasteiger partial charge < -0.3 is 10.2 Å². The molecule has 146 valence electrons. The molecule has 2 radical (unpaired) electrons. The Morgan fingerprint density at radius 1 is 1.18 bits per heavy atom. The van der Waals surface area contributed by atoms with Gasteiger partial charge in [-0.3, -0.25) is 9.69 Å². The Morgan fingerprint density at radius 2 is 1.86 bits per heavy atom. The zero-order valence-corrected chi connectivity index (χ0v) is 17.1. The van der Waals surface area contributed by atoms with Crippen LogP contribution in [0, 0.1) is 5.41 Å². The molecule has 1 amide bonds. The topological polar surface area (TPSA) is 48.5 Å². The van der Waals surface area contributed by atoms with Crippen LogP contribution >= 0.6 is 0 Å². The standard InChI is InChI=1S/C22H29BN4O/c1-4-22(2,3)21(28)25-20-14-17(19(23)15-24-20)16-26-10-12-27(13-11-26)18-8-6-5-7-9-18/h5-9,14-15H,4,10-13,16H2,1-3H3,(H,24,25,28). The lowest BCUT2D eigenvalue weighted by molar-refractivity contribution is -0.124. The Hall–Kier alpha value is -2.34. The summed E-state index contributed by atoms with van der Waals surface area (Å²) in [6.45, 7) is 10.6. The molecule has 1 aliphatic heterocycles. The summed E-state index contributed by atoms with van der Waals surface area (Å²) in [5.74, 6) is 0.549. The number of hydrogen-bond acceptors (Lipinski definition) is 4. The number of rotatable bonds is 6. The normalized spacial score (nSPS) is 15.5. The monoisotopic (exact) mass is 376 g/mol. The summed E-state index contributed by atoms with van der Waals surface area (Å²) in [5, 5.41) is 2.93. The van der Waals surface area contributed by atoms with Crippen molar-refractivity contribution in [2.24, 2.45) is 5.41 Å². The van der Waals surface area contributed by atoms with Crippen molar-refractivity contribution in [2.45, 2.75) is 33.7 Å². The molecule has 1 aromatic heterocycles. The van der Waals surface area contributed by atoms with E-state index in [4.69, 9.17) is 7.85 Å². The largest absolute Gasteiger partial charge is 0.369 e. The molecule has 0 saturated carbocycles. The van der Waals surface area contributed by atoms with E-state index in [0.29, 0.717) is 11.3 Å². The number of nitrogens with zero attached hydrogens (tertiary/aromatic N) is 3. The van der Waals surface area contributed by atoms with E-state index < -0.39 is 5.41 Å². The van der Waals surface area contributed by atoms with Crippen LogP contribution in [-0.2, 0) is 11.3 Å². The Labute approximate surface area is 169 Å². The molecule has 28 heavy (non-hydrogen) atoms. The number of carbonyl (C=O) groups excluding carboxylic acids is 1. The van der Waals surface area contributed by atoms with Crippen molar-refractivity contribution < 1.29 is 4.79 Å². The average Bonchev–Trinajstić information content (AvgIpc) is 2.71. The van der Waals surface area contributed by atoms with E-state index in [1.54, 1.807) is 6.20 Å². The predicted octanol–water partition coefficient (Wildman–Crippen LogP) is 2.57. The summed E-state index contributed by atoms with van der Waals surface area (Å²) < 4.78 is 0. The van der Waals surface area contributed by atoms with Gasteiger partial charge in [-0.1, -0.05) is 44.4 Å². The van der Waals surface area contributed by atoms with E-state index in [2.05, 4.69) is 44.4 Å². The summed E-state index contributed by atoms with van der Waals surface area (Å²) in [6.07, 6.45) is 2.41. The van der Waals surface area contributed by atoms with Gasteiger partial charge in [0.1, 0.15) is 13.7 Å². The highest BCUT2D eigenvalue weighted by Gasteiger charge is 2.26. The van der Waals surface area contributed by atoms with E-state index in [-0.39, 0.29) is 5.91 Å². The minimum Gasteiger partial charge on any atom is -0.369 e. The average molecular weight is 376 g/mol. The van der Waals surface area contributed by atoms with Crippen LogP contribution in [0.2, 0.25) is 0 Å². The van der Waals surface area contributed by atoms with Gasteiger partial charge in [0.25, 0.3) is 0 Å². The minimum absolute atomic E-state index is 0.0188. The molecule has 2 heterocycles. The van der Waals surface area contributed by atoms with E-state index in [1.165, 1.54) is 5.69 Å². The number of pyridine rings is 1. The molecular formula is C22H29BN4O. The lowest BCUT2D eigenvalue weighted by Gasteiger charge is -2.36.